The Bertz CT molecular complexity index is 1460. The number of benzene rings is 2. The first-order valence-electron chi connectivity index (χ1n) is 13.7. The lowest BCUT2D eigenvalue weighted by Gasteiger charge is -2.29. The molecule has 1 aliphatic carbocycles. The van der Waals surface area contributed by atoms with Crippen molar-refractivity contribution in [2.75, 3.05) is 25.5 Å². The van der Waals surface area contributed by atoms with E-state index in [0.717, 1.165) is 68.4 Å². The largest absolute Gasteiger partial charge is 0.449 e. The van der Waals surface area contributed by atoms with Crippen molar-refractivity contribution >= 4 is 11.6 Å². The van der Waals surface area contributed by atoms with Crippen molar-refractivity contribution in [3.63, 3.8) is 0 Å². The van der Waals surface area contributed by atoms with Gasteiger partial charge in [-0.1, -0.05) is 18.9 Å². The summed E-state index contributed by atoms with van der Waals surface area (Å²) in [6, 6.07) is 14.9. The summed E-state index contributed by atoms with van der Waals surface area (Å²) in [6.45, 7) is 1.99. The molecule has 8 heteroatoms. The number of nitrogens with one attached hydrogen (secondary N) is 1. The van der Waals surface area contributed by atoms with E-state index in [0.29, 0.717) is 17.4 Å². The highest BCUT2D eigenvalue weighted by Crippen LogP contribution is 2.39. The highest BCUT2D eigenvalue weighted by Gasteiger charge is 2.26. The third-order valence-electron chi connectivity index (χ3n) is 8.12. The monoisotopic (exact) mass is 530 g/mol. The van der Waals surface area contributed by atoms with E-state index in [4.69, 9.17) is 4.42 Å². The molecule has 0 unspecified atom stereocenters. The van der Waals surface area contributed by atoms with Crippen molar-refractivity contribution in [2.45, 2.75) is 50.5 Å². The van der Waals surface area contributed by atoms with E-state index in [1.807, 2.05) is 6.07 Å². The Kier molecular flexibility index (Phi) is 7.04. The molecule has 0 radical (unpaired) electrons. The van der Waals surface area contributed by atoms with E-state index in [9.17, 15) is 13.6 Å². The van der Waals surface area contributed by atoms with Crippen LogP contribution >= 0.6 is 0 Å². The molecule has 1 N–H and O–H groups in total. The van der Waals surface area contributed by atoms with Gasteiger partial charge in [0.25, 0.3) is 5.91 Å². The van der Waals surface area contributed by atoms with Crippen molar-refractivity contribution in [2.24, 2.45) is 0 Å². The second kappa shape index (κ2) is 10.8. The quantitative estimate of drug-likeness (QED) is 0.285. The van der Waals surface area contributed by atoms with Crippen LogP contribution in [0.3, 0.4) is 0 Å². The fraction of sp³-hybridized carbons (Fsp3) is 0.355. The summed E-state index contributed by atoms with van der Waals surface area (Å²) in [5.41, 5.74) is 3.27. The molecule has 1 aliphatic heterocycles. The predicted molar refractivity (Wildman–Crippen MR) is 147 cm³/mol. The number of piperidine rings is 1. The minimum Gasteiger partial charge on any atom is -0.449 e. The summed E-state index contributed by atoms with van der Waals surface area (Å²) in [4.78, 5) is 20.0. The molecule has 1 saturated heterocycles. The highest BCUT2D eigenvalue weighted by molar-refractivity contribution is 6.02. The number of hydrogen-bond acceptors (Lipinski definition) is 4. The van der Waals surface area contributed by atoms with Gasteiger partial charge >= 0.3 is 0 Å². The van der Waals surface area contributed by atoms with Crippen molar-refractivity contribution < 1.29 is 18.0 Å². The average molecular weight is 531 g/mol. The molecule has 2 aromatic carbocycles. The minimum atomic E-state index is -0.526. The number of nitrogens with zero attached hydrogens (tertiary/aromatic N) is 3. The maximum atomic E-state index is 15.0. The van der Waals surface area contributed by atoms with Gasteiger partial charge in [-0.15, -0.1) is 0 Å². The van der Waals surface area contributed by atoms with Crippen molar-refractivity contribution in [1.29, 1.82) is 0 Å². The van der Waals surface area contributed by atoms with Crippen LogP contribution in [-0.4, -0.2) is 40.5 Å². The Labute approximate surface area is 226 Å². The lowest BCUT2D eigenvalue weighted by molar-refractivity contribution is 0.0997. The zero-order chi connectivity index (χ0) is 26.9. The Balaban J connectivity index is 1.25. The lowest BCUT2D eigenvalue weighted by atomic mass is 9.89. The Hall–Kier alpha value is -3.78. The van der Waals surface area contributed by atoms with Gasteiger partial charge in [0.2, 0.25) is 0 Å². The maximum absolute atomic E-state index is 15.0. The topological polar surface area (TPSA) is 63.3 Å². The molecular formula is C31H32F2N4O2. The maximum Gasteiger partial charge on any atom is 0.291 e. The lowest BCUT2D eigenvalue weighted by Crippen LogP contribution is -2.29. The first-order valence-corrected chi connectivity index (χ1v) is 13.7. The Morgan fingerprint density at radius 3 is 2.44 bits per heavy atom. The van der Waals surface area contributed by atoms with Crippen LogP contribution in [0.2, 0.25) is 0 Å². The van der Waals surface area contributed by atoms with Crippen LogP contribution in [0.15, 0.2) is 65.3 Å². The second-order valence-corrected chi connectivity index (χ2v) is 10.7. The molecule has 3 heterocycles. The fourth-order valence-electron chi connectivity index (χ4n) is 5.88. The normalized spacial score (nSPS) is 17.1. The number of carbonyl (C=O) groups excluding carboxylic acids is 1. The molecule has 4 aromatic rings. The van der Waals surface area contributed by atoms with Crippen LogP contribution in [0, 0.1) is 11.6 Å². The zero-order valence-electron chi connectivity index (χ0n) is 22.0. The van der Waals surface area contributed by atoms with Gasteiger partial charge in [-0.3, -0.25) is 4.79 Å². The number of carbonyl (C=O) groups is 1. The van der Waals surface area contributed by atoms with E-state index >= 15 is 0 Å². The van der Waals surface area contributed by atoms with Gasteiger partial charge in [-0.2, -0.15) is 0 Å². The van der Waals surface area contributed by atoms with Crippen molar-refractivity contribution in [1.82, 2.24) is 14.5 Å². The number of halogens is 2. The van der Waals surface area contributed by atoms with E-state index in [-0.39, 0.29) is 23.3 Å². The smallest absolute Gasteiger partial charge is 0.291 e. The van der Waals surface area contributed by atoms with Crippen LogP contribution in [0.4, 0.5) is 14.5 Å². The first kappa shape index (κ1) is 25.5. The number of imidazole rings is 1. The number of rotatable bonds is 6. The SMILES string of the molecule is CN1CCC(c2ccc(NC(=O)c3ccc(-c4c(-c5ccc(F)cc5)ncn4C4CCCC4)o3)c(F)c2)CC1. The van der Waals surface area contributed by atoms with Crippen LogP contribution in [0.25, 0.3) is 22.7 Å². The van der Waals surface area contributed by atoms with E-state index in [2.05, 4.69) is 26.8 Å². The minimum absolute atomic E-state index is 0.0769. The van der Waals surface area contributed by atoms with Gasteiger partial charge in [0.1, 0.15) is 17.3 Å². The second-order valence-electron chi connectivity index (χ2n) is 10.7. The van der Waals surface area contributed by atoms with Crippen LogP contribution in [0.1, 0.15) is 66.6 Å². The van der Waals surface area contributed by atoms with Crippen LogP contribution < -0.4 is 5.32 Å². The molecule has 2 aliphatic rings. The number of aromatic nitrogens is 2. The summed E-state index contributed by atoms with van der Waals surface area (Å²) >= 11 is 0. The standard InChI is InChI=1S/C31H32F2N4O2/c1-36-16-14-20(15-17-36)22-8-11-26(25(33)18-22)35-31(38)28-13-12-27(39-28)30-29(21-6-9-23(32)10-7-21)34-19-37(30)24-4-2-3-5-24/h6-13,18-20,24H,2-5,14-17H2,1H3,(H,35,38). The van der Waals surface area contributed by atoms with Crippen LogP contribution in [0.5, 0.6) is 0 Å². The third kappa shape index (κ3) is 5.26. The molecule has 202 valence electrons. The summed E-state index contributed by atoms with van der Waals surface area (Å²) in [7, 11) is 2.10. The summed E-state index contributed by atoms with van der Waals surface area (Å²) in [6.07, 6.45) is 8.14. The molecule has 6 rings (SSSR count). The average Bonchev–Trinajstić information content (AvgIpc) is 3.71. The van der Waals surface area contributed by atoms with Crippen molar-refractivity contribution in [3.05, 3.63) is 83.9 Å². The van der Waals surface area contributed by atoms with Gasteiger partial charge in [0.15, 0.2) is 11.5 Å². The summed E-state index contributed by atoms with van der Waals surface area (Å²) in [5, 5.41) is 2.66. The van der Waals surface area contributed by atoms with Gasteiger partial charge in [-0.25, -0.2) is 13.8 Å². The molecule has 0 atom stereocenters. The van der Waals surface area contributed by atoms with Crippen LogP contribution in [-0.2, 0) is 0 Å². The molecule has 1 amide bonds. The number of amides is 1. The van der Waals surface area contributed by atoms with Gasteiger partial charge in [0.05, 0.1) is 17.7 Å². The number of furan rings is 1. The third-order valence-corrected chi connectivity index (χ3v) is 8.12. The first-order chi connectivity index (χ1) is 19.0. The van der Waals surface area contributed by atoms with Gasteiger partial charge in [-0.05, 0) is 106 Å². The van der Waals surface area contributed by atoms with Crippen molar-refractivity contribution in [3.8, 4) is 22.7 Å². The van der Waals surface area contributed by atoms with E-state index < -0.39 is 11.7 Å². The molecule has 6 nitrogen and oxygen atoms in total. The fourth-order valence-corrected chi connectivity index (χ4v) is 5.88. The number of anilines is 1. The Morgan fingerprint density at radius 1 is 0.974 bits per heavy atom. The molecule has 0 spiro atoms. The summed E-state index contributed by atoms with van der Waals surface area (Å²) < 4.78 is 36.7. The zero-order valence-corrected chi connectivity index (χ0v) is 22.0. The number of hydrogen-bond donors (Lipinski definition) is 1. The Morgan fingerprint density at radius 2 is 1.72 bits per heavy atom. The predicted octanol–water partition coefficient (Wildman–Crippen LogP) is 7.26. The van der Waals surface area contributed by atoms with E-state index in [1.165, 1.54) is 18.2 Å². The number of likely N-dealkylation sites (tertiary alicyclic amines) is 1. The van der Waals surface area contributed by atoms with Gasteiger partial charge in [0, 0.05) is 11.6 Å². The molecule has 0 bridgehead atoms. The molecule has 2 aromatic heterocycles. The highest BCUT2D eigenvalue weighted by atomic mass is 19.1. The molecule has 39 heavy (non-hydrogen) atoms. The molecule has 2 fully saturated rings. The molecule has 1 saturated carbocycles. The summed E-state index contributed by atoms with van der Waals surface area (Å²) in [5.74, 6) is -0.408. The van der Waals surface area contributed by atoms with Gasteiger partial charge < -0.3 is 19.2 Å². The van der Waals surface area contributed by atoms with E-state index in [1.54, 1.807) is 36.7 Å². The molecular weight excluding hydrogens is 498 g/mol.